The molecule has 0 aliphatic heterocycles. The first kappa shape index (κ1) is 16.9. The molecule has 0 bridgehead atoms. The molecule has 2 aromatic heterocycles. The van der Waals surface area contributed by atoms with Gasteiger partial charge in [-0.3, -0.25) is 4.79 Å². The number of aromatic nitrogens is 3. The van der Waals surface area contributed by atoms with Crippen LogP contribution in [0.25, 0.3) is 5.82 Å². The summed E-state index contributed by atoms with van der Waals surface area (Å²) in [6.07, 6.45) is 5.07. The van der Waals surface area contributed by atoms with Gasteiger partial charge in [-0.1, -0.05) is 30.3 Å². The number of hydrogen-bond donors (Lipinski definition) is 1. The maximum atomic E-state index is 12.4. The molecule has 0 aliphatic rings. The molecule has 128 valence electrons. The molecule has 25 heavy (non-hydrogen) atoms. The minimum atomic E-state index is -0.137. The molecule has 1 atom stereocenters. The van der Waals surface area contributed by atoms with Crippen LogP contribution in [0.5, 0.6) is 0 Å². The van der Waals surface area contributed by atoms with Crippen molar-refractivity contribution in [1.82, 2.24) is 25.0 Å². The molecule has 1 unspecified atom stereocenters. The minimum absolute atomic E-state index is 0.112. The van der Waals surface area contributed by atoms with Crippen molar-refractivity contribution in [3.05, 3.63) is 78.2 Å². The Morgan fingerprint density at radius 3 is 2.56 bits per heavy atom. The van der Waals surface area contributed by atoms with Crippen LogP contribution < -0.4 is 5.32 Å². The van der Waals surface area contributed by atoms with E-state index in [2.05, 4.69) is 32.4 Å². The van der Waals surface area contributed by atoms with Crippen LogP contribution >= 0.6 is 0 Å². The molecule has 3 rings (SSSR count). The highest BCUT2D eigenvalue weighted by Gasteiger charge is 2.15. The predicted molar refractivity (Wildman–Crippen MR) is 96.6 cm³/mol. The summed E-state index contributed by atoms with van der Waals surface area (Å²) < 4.78 is 1.65. The number of pyridine rings is 1. The number of likely N-dealkylation sites (N-methyl/N-ethyl adjacent to an activating group) is 1. The zero-order valence-corrected chi connectivity index (χ0v) is 14.3. The molecule has 0 fully saturated rings. The van der Waals surface area contributed by atoms with Crippen LogP contribution in [0.15, 0.2) is 67.1 Å². The molecule has 0 spiro atoms. The van der Waals surface area contributed by atoms with Crippen molar-refractivity contribution < 1.29 is 4.79 Å². The second-order valence-corrected chi connectivity index (χ2v) is 5.96. The topological polar surface area (TPSA) is 63.1 Å². The summed E-state index contributed by atoms with van der Waals surface area (Å²) in [5.41, 5.74) is 1.70. The molecule has 1 aromatic carbocycles. The lowest BCUT2D eigenvalue weighted by molar-refractivity contribution is 0.0941. The van der Waals surface area contributed by atoms with Crippen molar-refractivity contribution in [2.45, 2.75) is 6.04 Å². The number of benzene rings is 1. The average Bonchev–Trinajstić information content (AvgIpc) is 3.17. The van der Waals surface area contributed by atoms with E-state index in [1.54, 1.807) is 29.2 Å². The fourth-order valence-corrected chi connectivity index (χ4v) is 2.63. The first-order valence-corrected chi connectivity index (χ1v) is 8.11. The van der Waals surface area contributed by atoms with Gasteiger partial charge in [-0.15, -0.1) is 0 Å². The monoisotopic (exact) mass is 335 g/mol. The molecule has 0 saturated carbocycles. The number of amides is 1. The summed E-state index contributed by atoms with van der Waals surface area (Å²) in [6.45, 7) is 0.525. The van der Waals surface area contributed by atoms with E-state index in [4.69, 9.17) is 0 Å². The molecular weight excluding hydrogens is 314 g/mol. The van der Waals surface area contributed by atoms with Crippen molar-refractivity contribution in [1.29, 1.82) is 0 Å². The fourth-order valence-electron chi connectivity index (χ4n) is 2.63. The summed E-state index contributed by atoms with van der Waals surface area (Å²) in [5, 5.41) is 7.11. The van der Waals surface area contributed by atoms with Gasteiger partial charge in [0, 0.05) is 25.1 Å². The second-order valence-electron chi connectivity index (χ2n) is 5.96. The van der Waals surface area contributed by atoms with Crippen LogP contribution in [0, 0.1) is 0 Å². The Bertz CT molecular complexity index is 798. The average molecular weight is 335 g/mol. The quantitative estimate of drug-likeness (QED) is 0.751. The predicted octanol–water partition coefficient (Wildman–Crippen LogP) is 2.30. The molecule has 0 radical (unpaired) electrons. The summed E-state index contributed by atoms with van der Waals surface area (Å²) in [6, 6.07) is 15.6. The second kappa shape index (κ2) is 7.72. The minimum Gasteiger partial charge on any atom is -0.350 e. The van der Waals surface area contributed by atoms with E-state index >= 15 is 0 Å². The smallest absolute Gasteiger partial charge is 0.252 e. The molecular formula is C19H21N5O. The number of carbonyl (C=O) groups is 1. The number of rotatable bonds is 6. The van der Waals surface area contributed by atoms with Crippen LogP contribution in [0.3, 0.4) is 0 Å². The molecule has 3 aromatic rings. The van der Waals surface area contributed by atoms with Crippen LogP contribution in [0.1, 0.15) is 22.0 Å². The van der Waals surface area contributed by atoms with E-state index in [1.807, 2.05) is 44.6 Å². The molecule has 1 amide bonds. The largest absolute Gasteiger partial charge is 0.350 e. The lowest BCUT2D eigenvalue weighted by Crippen LogP contribution is -2.34. The third-order valence-electron chi connectivity index (χ3n) is 4.01. The van der Waals surface area contributed by atoms with E-state index in [0.29, 0.717) is 17.9 Å². The highest BCUT2D eigenvalue weighted by molar-refractivity contribution is 5.93. The van der Waals surface area contributed by atoms with Gasteiger partial charge in [0.05, 0.1) is 11.6 Å². The van der Waals surface area contributed by atoms with Crippen molar-refractivity contribution in [3.8, 4) is 5.82 Å². The SMILES string of the molecule is CN(C)C(CNC(=O)c1ccc(-n2cccn2)nc1)c1ccccc1. The van der Waals surface area contributed by atoms with Crippen molar-refractivity contribution in [2.75, 3.05) is 20.6 Å². The molecule has 1 N–H and O–H groups in total. The molecule has 6 heteroatoms. The highest BCUT2D eigenvalue weighted by atomic mass is 16.1. The first-order chi connectivity index (χ1) is 12.1. The van der Waals surface area contributed by atoms with Gasteiger partial charge >= 0.3 is 0 Å². The first-order valence-electron chi connectivity index (χ1n) is 8.11. The Labute approximate surface area is 147 Å². The van der Waals surface area contributed by atoms with Crippen LogP contribution in [0.4, 0.5) is 0 Å². The Morgan fingerprint density at radius 1 is 1.16 bits per heavy atom. The summed E-state index contributed by atoms with van der Waals surface area (Å²) in [5.74, 6) is 0.541. The van der Waals surface area contributed by atoms with Crippen molar-refractivity contribution in [2.24, 2.45) is 0 Å². The maximum absolute atomic E-state index is 12.4. The van der Waals surface area contributed by atoms with E-state index in [-0.39, 0.29) is 11.9 Å². The summed E-state index contributed by atoms with van der Waals surface area (Å²) in [7, 11) is 4.01. The maximum Gasteiger partial charge on any atom is 0.252 e. The van der Waals surface area contributed by atoms with Crippen LogP contribution in [-0.4, -0.2) is 46.2 Å². The normalized spacial score (nSPS) is 12.1. The van der Waals surface area contributed by atoms with Crippen molar-refractivity contribution >= 4 is 5.91 Å². The third kappa shape index (κ3) is 4.10. The van der Waals surface area contributed by atoms with Crippen molar-refractivity contribution in [3.63, 3.8) is 0 Å². The lowest BCUT2D eigenvalue weighted by atomic mass is 10.1. The zero-order valence-electron chi connectivity index (χ0n) is 14.3. The molecule has 2 heterocycles. The van der Waals surface area contributed by atoms with Gasteiger partial charge in [-0.25, -0.2) is 9.67 Å². The van der Waals surface area contributed by atoms with Crippen LogP contribution in [-0.2, 0) is 0 Å². The van der Waals surface area contributed by atoms with Gasteiger partial charge in [-0.2, -0.15) is 5.10 Å². The summed E-state index contributed by atoms with van der Waals surface area (Å²) >= 11 is 0. The van der Waals surface area contributed by atoms with Crippen LogP contribution in [0.2, 0.25) is 0 Å². The molecule has 0 saturated heterocycles. The molecule has 0 aliphatic carbocycles. The Kier molecular flexibility index (Phi) is 5.20. The number of hydrogen-bond acceptors (Lipinski definition) is 4. The van der Waals surface area contributed by atoms with Gasteiger partial charge in [0.25, 0.3) is 5.91 Å². The van der Waals surface area contributed by atoms with Gasteiger partial charge in [-0.05, 0) is 37.9 Å². The fraction of sp³-hybridized carbons (Fsp3) is 0.211. The number of nitrogens with zero attached hydrogens (tertiary/aromatic N) is 4. The summed E-state index contributed by atoms with van der Waals surface area (Å²) in [4.78, 5) is 18.8. The van der Waals surface area contributed by atoms with Gasteiger partial charge in [0.1, 0.15) is 0 Å². The Balaban J connectivity index is 1.65. The Hall–Kier alpha value is -2.99. The Morgan fingerprint density at radius 2 is 1.96 bits per heavy atom. The standard InChI is InChI=1S/C19H21N5O/c1-23(2)17(15-7-4-3-5-8-15)14-21-19(25)16-9-10-18(20-13-16)24-12-6-11-22-24/h3-13,17H,14H2,1-2H3,(H,21,25). The molecule has 6 nitrogen and oxygen atoms in total. The van der Waals surface area contributed by atoms with E-state index < -0.39 is 0 Å². The highest BCUT2D eigenvalue weighted by Crippen LogP contribution is 2.17. The van der Waals surface area contributed by atoms with E-state index in [0.717, 1.165) is 0 Å². The third-order valence-corrected chi connectivity index (χ3v) is 4.01. The van der Waals surface area contributed by atoms with Gasteiger partial charge < -0.3 is 10.2 Å². The number of nitrogens with one attached hydrogen (secondary N) is 1. The van der Waals surface area contributed by atoms with E-state index in [1.165, 1.54) is 5.56 Å². The van der Waals surface area contributed by atoms with Gasteiger partial charge in [0.15, 0.2) is 5.82 Å². The lowest BCUT2D eigenvalue weighted by Gasteiger charge is -2.25. The number of carbonyl (C=O) groups excluding carboxylic acids is 1. The van der Waals surface area contributed by atoms with E-state index in [9.17, 15) is 4.79 Å². The van der Waals surface area contributed by atoms with Gasteiger partial charge in [0.2, 0.25) is 0 Å². The zero-order chi connectivity index (χ0) is 17.6.